The molecule has 0 aliphatic rings. The highest BCUT2D eigenvalue weighted by Crippen LogP contribution is 2.21. The molecule has 0 aliphatic heterocycles. The lowest BCUT2D eigenvalue weighted by Crippen LogP contribution is -2.13. The Kier molecular flexibility index (Phi) is 4.57. The lowest BCUT2D eigenvalue weighted by Gasteiger charge is -2.11. The van der Waals surface area contributed by atoms with Gasteiger partial charge in [0.15, 0.2) is 0 Å². The van der Waals surface area contributed by atoms with E-state index in [2.05, 4.69) is 23.6 Å². The van der Waals surface area contributed by atoms with Gasteiger partial charge in [-0.3, -0.25) is 4.72 Å². The molecule has 1 N–H and O–H groups in total. The topological polar surface area (TPSA) is 59.1 Å². The Morgan fingerprint density at radius 2 is 1.86 bits per heavy atom. The highest BCUT2D eigenvalue weighted by atomic mass is 32.2. The molecule has 0 fully saturated rings. The van der Waals surface area contributed by atoms with Crippen molar-refractivity contribution in [1.82, 2.24) is 4.98 Å². The summed E-state index contributed by atoms with van der Waals surface area (Å²) in [6.07, 6.45) is 2.13. The van der Waals surface area contributed by atoms with Crippen LogP contribution < -0.4 is 4.72 Å². The summed E-state index contributed by atoms with van der Waals surface area (Å²) in [7, 11) is -3.69. The van der Waals surface area contributed by atoms with Crippen molar-refractivity contribution in [3.8, 4) is 0 Å². The first-order valence-corrected chi connectivity index (χ1v) is 8.15. The molecule has 0 saturated carbocycles. The van der Waals surface area contributed by atoms with Gasteiger partial charge in [-0.15, -0.1) is 0 Å². The van der Waals surface area contributed by atoms with Crippen LogP contribution in [0.3, 0.4) is 0 Å². The average molecular weight is 308 g/mol. The molecule has 1 heterocycles. The van der Waals surface area contributed by atoms with Crippen LogP contribution in [-0.2, 0) is 10.0 Å². The zero-order valence-corrected chi connectivity index (χ0v) is 12.7. The van der Waals surface area contributed by atoms with Gasteiger partial charge in [0, 0.05) is 0 Å². The first-order chi connectivity index (χ1) is 9.92. The van der Waals surface area contributed by atoms with Gasteiger partial charge in [-0.1, -0.05) is 26.0 Å². The third-order valence-electron chi connectivity index (χ3n) is 3.35. The molecule has 0 amide bonds. The highest BCUT2D eigenvalue weighted by Gasteiger charge is 2.15. The molecule has 1 aromatic carbocycles. The van der Waals surface area contributed by atoms with E-state index < -0.39 is 16.0 Å². The van der Waals surface area contributed by atoms with E-state index in [0.717, 1.165) is 24.2 Å². The van der Waals surface area contributed by atoms with Gasteiger partial charge in [-0.05, 0) is 42.2 Å². The minimum Gasteiger partial charge on any atom is -0.278 e. The summed E-state index contributed by atoms with van der Waals surface area (Å²) in [5, 5.41) is 0. The number of nitrogens with zero attached hydrogens (tertiary/aromatic N) is 1. The molecule has 6 heteroatoms. The zero-order valence-electron chi connectivity index (χ0n) is 11.9. The lowest BCUT2D eigenvalue weighted by atomic mass is 9.99. The Hall–Kier alpha value is -1.95. The standard InChI is InChI=1S/C15H17FN2O2S/c1-3-11(2)12-4-7-14(8-5-12)21(19,20)18-13-6-9-15(16)17-10-13/h4-11,18H,3H2,1-2H3. The lowest BCUT2D eigenvalue weighted by molar-refractivity contribution is 0.583. The maximum atomic E-state index is 12.7. The SMILES string of the molecule is CCC(C)c1ccc(S(=O)(=O)Nc2ccc(F)nc2)cc1. The quantitative estimate of drug-likeness (QED) is 0.860. The van der Waals surface area contributed by atoms with Crippen LogP contribution >= 0.6 is 0 Å². The van der Waals surface area contributed by atoms with Crippen LogP contribution in [0.4, 0.5) is 10.1 Å². The number of pyridine rings is 1. The van der Waals surface area contributed by atoms with E-state index in [1.54, 1.807) is 12.1 Å². The van der Waals surface area contributed by atoms with E-state index in [-0.39, 0.29) is 10.6 Å². The summed E-state index contributed by atoms with van der Waals surface area (Å²) in [5.74, 6) is -0.271. The summed E-state index contributed by atoms with van der Waals surface area (Å²) in [4.78, 5) is 3.58. The molecule has 0 radical (unpaired) electrons. The molecular weight excluding hydrogens is 291 g/mol. The third kappa shape index (κ3) is 3.78. The van der Waals surface area contributed by atoms with Crippen LogP contribution in [0.25, 0.3) is 0 Å². The number of benzene rings is 1. The molecule has 0 bridgehead atoms. The normalized spacial score (nSPS) is 12.9. The number of aromatic nitrogens is 1. The highest BCUT2D eigenvalue weighted by molar-refractivity contribution is 7.92. The first kappa shape index (κ1) is 15.4. The molecule has 1 atom stereocenters. The van der Waals surface area contributed by atoms with Gasteiger partial charge in [0.25, 0.3) is 10.0 Å². The van der Waals surface area contributed by atoms with Crippen LogP contribution in [0.15, 0.2) is 47.5 Å². The molecule has 4 nitrogen and oxygen atoms in total. The van der Waals surface area contributed by atoms with Gasteiger partial charge in [-0.2, -0.15) is 4.39 Å². The molecule has 0 aliphatic carbocycles. The maximum Gasteiger partial charge on any atom is 0.261 e. The van der Waals surface area contributed by atoms with Crippen LogP contribution in [0.5, 0.6) is 0 Å². The second-order valence-corrected chi connectivity index (χ2v) is 6.54. The summed E-state index contributed by atoms with van der Waals surface area (Å²) in [6.45, 7) is 4.17. The minimum absolute atomic E-state index is 0.166. The van der Waals surface area contributed by atoms with Gasteiger partial charge in [0.05, 0.1) is 16.8 Å². The van der Waals surface area contributed by atoms with Gasteiger partial charge < -0.3 is 0 Å². The van der Waals surface area contributed by atoms with E-state index >= 15 is 0 Å². The van der Waals surface area contributed by atoms with Crippen molar-refractivity contribution in [2.45, 2.75) is 31.1 Å². The van der Waals surface area contributed by atoms with Crippen molar-refractivity contribution in [2.75, 3.05) is 4.72 Å². The first-order valence-electron chi connectivity index (χ1n) is 6.66. The van der Waals surface area contributed by atoms with Gasteiger partial charge in [0.2, 0.25) is 5.95 Å². The fraction of sp³-hybridized carbons (Fsp3) is 0.267. The molecule has 1 unspecified atom stereocenters. The molecule has 2 rings (SSSR count). The number of anilines is 1. The van der Waals surface area contributed by atoms with Crippen LogP contribution in [0, 0.1) is 5.95 Å². The van der Waals surface area contributed by atoms with E-state index in [0.29, 0.717) is 5.92 Å². The van der Waals surface area contributed by atoms with E-state index in [1.165, 1.54) is 6.07 Å². The maximum absolute atomic E-state index is 12.7. The smallest absolute Gasteiger partial charge is 0.261 e. The molecule has 21 heavy (non-hydrogen) atoms. The Morgan fingerprint density at radius 3 is 2.38 bits per heavy atom. The fourth-order valence-corrected chi connectivity index (χ4v) is 2.90. The second-order valence-electron chi connectivity index (χ2n) is 4.85. The zero-order chi connectivity index (χ0) is 15.5. The largest absolute Gasteiger partial charge is 0.278 e. The molecule has 0 saturated heterocycles. The summed E-state index contributed by atoms with van der Waals surface area (Å²) < 4.78 is 39.5. The average Bonchev–Trinajstić information content (AvgIpc) is 2.49. The van der Waals surface area contributed by atoms with Crippen molar-refractivity contribution in [3.63, 3.8) is 0 Å². The van der Waals surface area contributed by atoms with Crippen LogP contribution in [0.1, 0.15) is 31.7 Å². The second kappa shape index (κ2) is 6.22. The van der Waals surface area contributed by atoms with Crippen molar-refractivity contribution in [3.05, 3.63) is 54.1 Å². The molecular formula is C15H17FN2O2S. The van der Waals surface area contributed by atoms with Gasteiger partial charge in [0.1, 0.15) is 0 Å². The Bertz CT molecular complexity index is 697. The molecule has 0 spiro atoms. The van der Waals surface area contributed by atoms with Gasteiger partial charge >= 0.3 is 0 Å². The fourth-order valence-electron chi connectivity index (χ4n) is 1.86. The van der Waals surface area contributed by atoms with Crippen LogP contribution in [-0.4, -0.2) is 13.4 Å². The molecule has 2 aromatic rings. The van der Waals surface area contributed by atoms with Crippen molar-refractivity contribution in [1.29, 1.82) is 0 Å². The van der Waals surface area contributed by atoms with Gasteiger partial charge in [-0.25, -0.2) is 13.4 Å². The summed E-state index contributed by atoms with van der Waals surface area (Å²) in [6, 6.07) is 9.19. The number of nitrogens with one attached hydrogen (secondary N) is 1. The van der Waals surface area contributed by atoms with Crippen LogP contribution in [0.2, 0.25) is 0 Å². The molecule has 112 valence electrons. The van der Waals surface area contributed by atoms with E-state index in [4.69, 9.17) is 0 Å². The minimum atomic E-state index is -3.69. The summed E-state index contributed by atoms with van der Waals surface area (Å²) in [5.41, 5.74) is 1.32. The predicted octanol–water partition coefficient (Wildman–Crippen LogP) is 3.54. The summed E-state index contributed by atoms with van der Waals surface area (Å²) >= 11 is 0. The van der Waals surface area contributed by atoms with Crippen molar-refractivity contribution in [2.24, 2.45) is 0 Å². The number of sulfonamides is 1. The number of halogens is 1. The van der Waals surface area contributed by atoms with E-state index in [1.807, 2.05) is 12.1 Å². The Morgan fingerprint density at radius 1 is 1.19 bits per heavy atom. The number of hydrogen-bond acceptors (Lipinski definition) is 3. The Labute approximate surface area is 124 Å². The number of hydrogen-bond donors (Lipinski definition) is 1. The predicted molar refractivity (Wildman–Crippen MR) is 80.2 cm³/mol. The monoisotopic (exact) mass is 308 g/mol. The van der Waals surface area contributed by atoms with Crippen molar-refractivity contribution >= 4 is 15.7 Å². The van der Waals surface area contributed by atoms with Crippen molar-refractivity contribution < 1.29 is 12.8 Å². The van der Waals surface area contributed by atoms with E-state index in [9.17, 15) is 12.8 Å². The number of rotatable bonds is 5. The Balaban J connectivity index is 2.21. The third-order valence-corrected chi connectivity index (χ3v) is 4.75. The molecule has 1 aromatic heterocycles.